The van der Waals surface area contributed by atoms with Gasteiger partial charge in [-0.3, -0.25) is 0 Å². The van der Waals surface area contributed by atoms with E-state index < -0.39 is 0 Å². The summed E-state index contributed by atoms with van der Waals surface area (Å²) in [6, 6.07) is 5.35. The van der Waals surface area contributed by atoms with E-state index in [0.717, 1.165) is 10.5 Å². The Hall–Kier alpha value is -1.62. The predicted octanol–water partition coefficient (Wildman–Crippen LogP) is 2.35. The van der Waals surface area contributed by atoms with Crippen LogP contribution in [0.2, 0.25) is 0 Å². The van der Waals surface area contributed by atoms with E-state index >= 15 is 0 Å². The van der Waals surface area contributed by atoms with Crippen molar-refractivity contribution in [3.63, 3.8) is 0 Å². The minimum Gasteiger partial charge on any atom is -0.507 e. The van der Waals surface area contributed by atoms with E-state index in [4.69, 9.17) is 10.3 Å². The monoisotopic (exact) mass is 222 g/mol. The van der Waals surface area contributed by atoms with E-state index in [-0.39, 0.29) is 11.6 Å². The summed E-state index contributed by atoms with van der Waals surface area (Å²) in [5.74, 6) is 0.493. The van der Waals surface area contributed by atoms with Crippen molar-refractivity contribution >= 4 is 17.6 Å². The lowest BCUT2D eigenvalue weighted by molar-refractivity contribution is 0.436. The number of phenols is 1. The number of thioether (sulfide) groups is 1. The number of aromatic nitrogens is 1. The summed E-state index contributed by atoms with van der Waals surface area (Å²) in [6.45, 7) is 0. The summed E-state index contributed by atoms with van der Waals surface area (Å²) in [7, 11) is 0. The first-order valence-electron chi connectivity index (χ1n) is 4.30. The number of hydrogen-bond donors (Lipinski definition) is 2. The second-order valence-electron chi connectivity index (χ2n) is 2.99. The molecule has 1 heterocycles. The number of anilines is 1. The lowest BCUT2D eigenvalue weighted by Crippen LogP contribution is -1.85. The second-order valence-corrected chi connectivity index (χ2v) is 3.84. The average molecular weight is 222 g/mol. The number of nitrogen functional groups attached to an aromatic ring is 1. The van der Waals surface area contributed by atoms with Crippen LogP contribution in [0.3, 0.4) is 0 Å². The number of rotatable bonds is 2. The molecule has 5 heteroatoms. The molecule has 0 bridgehead atoms. The van der Waals surface area contributed by atoms with Crippen LogP contribution in [0.4, 0.5) is 5.88 Å². The fraction of sp³-hybridized carbons (Fsp3) is 0.100. The first-order valence-corrected chi connectivity index (χ1v) is 5.52. The summed E-state index contributed by atoms with van der Waals surface area (Å²) < 4.78 is 4.76. The summed E-state index contributed by atoms with van der Waals surface area (Å²) in [6.07, 6.45) is 3.44. The summed E-state index contributed by atoms with van der Waals surface area (Å²) >= 11 is 1.49. The molecule has 78 valence electrons. The minimum absolute atomic E-state index is 0.237. The van der Waals surface area contributed by atoms with Crippen LogP contribution in [0.15, 0.2) is 33.8 Å². The van der Waals surface area contributed by atoms with Gasteiger partial charge in [-0.2, -0.15) is 0 Å². The number of nitrogens with two attached hydrogens (primary N) is 1. The van der Waals surface area contributed by atoms with Crippen LogP contribution in [0.25, 0.3) is 11.1 Å². The van der Waals surface area contributed by atoms with Gasteiger partial charge in [0.2, 0.25) is 5.88 Å². The first kappa shape index (κ1) is 9.92. The third-order valence-electron chi connectivity index (χ3n) is 2.09. The van der Waals surface area contributed by atoms with Gasteiger partial charge in [0.15, 0.2) is 0 Å². The van der Waals surface area contributed by atoms with Gasteiger partial charge in [0.1, 0.15) is 5.75 Å². The lowest BCUT2D eigenvalue weighted by atomic mass is 10.1. The highest BCUT2D eigenvalue weighted by molar-refractivity contribution is 7.98. The van der Waals surface area contributed by atoms with Gasteiger partial charge in [-0.25, -0.2) is 0 Å². The number of aromatic hydroxyl groups is 1. The van der Waals surface area contributed by atoms with Crippen LogP contribution >= 0.6 is 11.8 Å². The Morgan fingerprint density at radius 3 is 2.80 bits per heavy atom. The molecule has 0 atom stereocenters. The molecule has 0 aliphatic carbocycles. The van der Waals surface area contributed by atoms with Gasteiger partial charge in [-0.05, 0) is 24.0 Å². The number of hydrogen-bond acceptors (Lipinski definition) is 5. The summed E-state index contributed by atoms with van der Waals surface area (Å²) in [5, 5.41) is 13.3. The SMILES string of the molecule is CSc1ccc(-c2cnoc2N)cc1O. The van der Waals surface area contributed by atoms with Crippen molar-refractivity contribution in [2.75, 3.05) is 12.0 Å². The van der Waals surface area contributed by atoms with E-state index in [2.05, 4.69) is 5.16 Å². The van der Waals surface area contributed by atoms with Crippen LogP contribution < -0.4 is 5.73 Å². The van der Waals surface area contributed by atoms with Crippen molar-refractivity contribution in [3.05, 3.63) is 24.4 Å². The molecular weight excluding hydrogens is 212 g/mol. The largest absolute Gasteiger partial charge is 0.507 e. The molecule has 3 N–H and O–H groups in total. The third kappa shape index (κ3) is 1.78. The zero-order valence-corrected chi connectivity index (χ0v) is 8.91. The Kier molecular flexibility index (Phi) is 2.55. The molecule has 0 saturated carbocycles. The molecule has 1 aromatic heterocycles. The number of nitrogens with zero attached hydrogens (tertiary/aromatic N) is 1. The normalized spacial score (nSPS) is 10.5. The van der Waals surface area contributed by atoms with Crippen molar-refractivity contribution in [1.29, 1.82) is 0 Å². The van der Waals surface area contributed by atoms with Crippen molar-refractivity contribution < 1.29 is 9.63 Å². The quantitative estimate of drug-likeness (QED) is 0.763. The molecule has 0 unspecified atom stereocenters. The van der Waals surface area contributed by atoms with Crippen LogP contribution in [0.5, 0.6) is 5.75 Å². The average Bonchev–Trinajstić information content (AvgIpc) is 2.64. The smallest absolute Gasteiger partial charge is 0.229 e. The van der Waals surface area contributed by atoms with E-state index in [9.17, 15) is 5.11 Å². The molecular formula is C10H10N2O2S. The first-order chi connectivity index (χ1) is 7.22. The van der Waals surface area contributed by atoms with Crippen LogP contribution in [0.1, 0.15) is 0 Å². The Morgan fingerprint density at radius 2 is 2.27 bits per heavy atom. The van der Waals surface area contributed by atoms with E-state index in [0.29, 0.717) is 5.56 Å². The van der Waals surface area contributed by atoms with Gasteiger partial charge in [0.05, 0.1) is 11.8 Å². The molecule has 0 amide bonds. The molecule has 4 nitrogen and oxygen atoms in total. The second kappa shape index (κ2) is 3.86. The summed E-state index contributed by atoms with van der Waals surface area (Å²) in [4.78, 5) is 0.828. The third-order valence-corrected chi connectivity index (χ3v) is 2.87. The van der Waals surface area contributed by atoms with Gasteiger partial charge >= 0.3 is 0 Å². The van der Waals surface area contributed by atoms with Crippen molar-refractivity contribution in [2.45, 2.75) is 4.90 Å². The topological polar surface area (TPSA) is 72.3 Å². The molecule has 1 aromatic carbocycles. The number of benzene rings is 1. The fourth-order valence-corrected chi connectivity index (χ4v) is 1.80. The maximum absolute atomic E-state index is 9.67. The van der Waals surface area contributed by atoms with E-state index in [1.54, 1.807) is 6.07 Å². The zero-order chi connectivity index (χ0) is 10.8. The Bertz CT molecular complexity index is 482. The van der Waals surface area contributed by atoms with Gasteiger partial charge < -0.3 is 15.4 Å². The van der Waals surface area contributed by atoms with Crippen molar-refractivity contribution in [1.82, 2.24) is 5.16 Å². The Morgan fingerprint density at radius 1 is 1.47 bits per heavy atom. The maximum Gasteiger partial charge on any atom is 0.229 e. The highest BCUT2D eigenvalue weighted by Gasteiger charge is 2.09. The standard InChI is InChI=1S/C10H10N2O2S/c1-15-9-3-2-6(4-8(9)13)7-5-12-14-10(7)11/h2-5,13H,11H2,1H3. The molecule has 2 aromatic rings. The maximum atomic E-state index is 9.67. The molecule has 0 aliphatic heterocycles. The fourth-order valence-electron chi connectivity index (χ4n) is 1.32. The lowest BCUT2D eigenvalue weighted by Gasteiger charge is -2.03. The van der Waals surface area contributed by atoms with Gasteiger partial charge in [-0.15, -0.1) is 11.8 Å². The summed E-state index contributed by atoms with van der Waals surface area (Å²) in [5.41, 5.74) is 7.07. The highest BCUT2D eigenvalue weighted by Crippen LogP contribution is 2.33. The van der Waals surface area contributed by atoms with Crippen molar-refractivity contribution in [2.24, 2.45) is 0 Å². The van der Waals surface area contributed by atoms with Gasteiger partial charge in [-0.1, -0.05) is 11.2 Å². The molecule has 0 saturated heterocycles. The molecule has 0 aliphatic rings. The molecule has 0 radical (unpaired) electrons. The van der Waals surface area contributed by atoms with Crippen LogP contribution in [-0.2, 0) is 0 Å². The number of phenolic OH excluding ortho intramolecular Hbond substituents is 1. The molecule has 0 fully saturated rings. The van der Waals surface area contributed by atoms with Crippen LogP contribution in [0, 0.1) is 0 Å². The highest BCUT2D eigenvalue weighted by atomic mass is 32.2. The Labute approximate surface area is 91.1 Å². The zero-order valence-electron chi connectivity index (χ0n) is 8.10. The minimum atomic E-state index is 0.237. The molecule has 2 rings (SSSR count). The Balaban J connectivity index is 2.47. The predicted molar refractivity (Wildman–Crippen MR) is 59.8 cm³/mol. The van der Waals surface area contributed by atoms with Gasteiger partial charge in [0, 0.05) is 4.90 Å². The molecule has 0 spiro atoms. The van der Waals surface area contributed by atoms with E-state index in [1.807, 2.05) is 18.4 Å². The van der Waals surface area contributed by atoms with Crippen LogP contribution in [-0.4, -0.2) is 16.5 Å². The van der Waals surface area contributed by atoms with E-state index in [1.165, 1.54) is 18.0 Å². The van der Waals surface area contributed by atoms with Crippen molar-refractivity contribution in [3.8, 4) is 16.9 Å². The van der Waals surface area contributed by atoms with Gasteiger partial charge in [0.25, 0.3) is 0 Å². The molecule has 15 heavy (non-hydrogen) atoms.